The molecule has 0 saturated carbocycles. The molecule has 5 rings (SSSR count). The molecule has 2 fully saturated rings. The van der Waals surface area contributed by atoms with Crippen molar-refractivity contribution in [2.24, 2.45) is 0 Å². The summed E-state index contributed by atoms with van der Waals surface area (Å²) < 4.78 is 19.7. The van der Waals surface area contributed by atoms with Crippen LogP contribution in [-0.2, 0) is 11.3 Å². The lowest BCUT2D eigenvalue weighted by atomic mass is 10.1. The van der Waals surface area contributed by atoms with Crippen LogP contribution in [0.4, 0.5) is 21.7 Å². The van der Waals surface area contributed by atoms with Gasteiger partial charge in [0.25, 0.3) is 0 Å². The second kappa shape index (κ2) is 8.80. The third-order valence-electron chi connectivity index (χ3n) is 6.40. The van der Waals surface area contributed by atoms with Gasteiger partial charge in [-0.3, -0.25) is 9.58 Å². The molecular weight excluding hydrogens is 433 g/mol. The number of fused-ring (bicyclic) bond motifs is 1. The summed E-state index contributed by atoms with van der Waals surface area (Å²) >= 11 is 6.66. The van der Waals surface area contributed by atoms with Crippen LogP contribution < -0.4 is 10.2 Å². The number of hydrogen-bond acceptors (Lipinski definition) is 7. The number of rotatable bonds is 6. The fourth-order valence-corrected chi connectivity index (χ4v) is 4.78. The average molecular weight is 460 g/mol. The number of alkyl halides is 1. The molecule has 32 heavy (non-hydrogen) atoms. The number of aromatic nitrogens is 4. The van der Waals surface area contributed by atoms with Gasteiger partial charge in [-0.15, -0.1) is 0 Å². The van der Waals surface area contributed by atoms with Gasteiger partial charge in [-0.1, -0.05) is 11.6 Å². The molecule has 0 spiro atoms. The van der Waals surface area contributed by atoms with Gasteiger partial charge >= 0.3 is 0 Å². The lowest BCUT2D eigenvalue weighted by molar-refractivity contribution is -0.0792. The molecule has 170 valence electrons. The van der Waals surface area contributed by atoms with Gasteiger partial charge in [0.1, 0.15) is 6.67 Å². The van der Waals surface area contributed by atoms with Gasteiger partial charge < -0.3 is 15.0 Å². The van der Waals surface area contributed by atoms with Crippen LogP contribution >= 0.6 is 11.6 Å². The fourth-order valence-electron chi connectivity index (χ4n) is 4.49. The number of nitrogens with one attached hydrogen (secondary N) is 1. The molecule has 0 aliphatic carbocycles. The number of hydrogen-bond donors (Lipinski definition) is 1. The third-order valence-corrected chi connectivity index (χ3v) is 6.71. The van der Waals surface area contributed by atoms with Crippen molar-refractivity contribution in [3.8, 4) is 0 Å². The van der Waals surface area contributed by atoms with Gasteiger partial charge in [0, 0.05) is 37.3 Å². The molecular formula is C22H27ClFN7O. The first-order valence-electron chi connectivity index (χ1n) is 10.9. The van der Waals surface area contributed by atoms with Gasteiger partial charge in [-0.05, 0) is 26.0 Å². The Balaban J connectivity index is 1.37. The van der Waals surface area contributed by atoms with Crippen LogP contribution in [0.2, 0.25) is 5.02 Å². The van der Waals surface area contributed by atoms with Crippen molar-refractivity contribution >= 4 is 39.8 Å². The van der Waals surface area contributed by atoms with Crippen molar-refractivity contribution < 1.29 is 9.13 Å². The first-order chi connectivity index (χ1) is 15.5. The molecule has 8 nitrogen and oxygen atoms in total. The molecule has 0 bridgehead atoms. The molecule has 0 unspecified atom stereocenters. The Morgan fingerprint density at radius 1 is 1.25 bits per heavy atom. The van der Waals surface area contributed by atoms with E-state index in [2.05, 4.69) is 32.1 Å². The molecule has 0 amide bonds. The Morgan fingerprint density at radius 3 is 2.81 bits per heavy atom. The molecule has 10 heteroatoms. The lowest BCUT2D eigenvalue weighted by Gasteiger charge is -2.47. The van der Waals surface area contributed by atoms with Gasteiger partial charge in [-0.25, -0.2) is 14.4 Å². The van der Waals surface area contributed by atoms with E-state index in [1.165, 1.54) is 0 Å². The first kappa shape index (κ1) is 21.4. The van der Waals surface area contributed by atoms with Crippen molar-refractivity contribution in [3.63, 3.8) is 0 Å². The fraction of sp³-hybridized carbons (Fsp3) is 0.500. The molecule has 2 aliphatic heterocycles. The highest BCUT2D eigenvalue weighted by molar-refractivity contribution is 6.34. The standard InChI is InChI=1S/C22H27ClFN7O/c1-14-11-29(5-6-30(14)17-12-32-13-17)21-8-19-16(7-18(21)23)9-25-22(27-19)28-20-10-26-31(4-3-24)15(20)2/h7-10,14,17H,3-6,11-13H2,1-2H3,(H,25,27,28)/t14-/m0/s1. The Morgan fingerprint density at radius 2 is 2.09 bits per heavy atom. The highest BCUT2D eigenvalue weighted by Crippen LogP contribution is 2.33. The zero-order valence-electron chi connectivity index (χ0n) is 18.3. The van der Waals surface area contributed by atoms with Crippen LogP contribution in [0.15, 0.2) is 24.5 Å². The van der Waals surface area contributed by atoms with Crippen molar-refractivity contribution in [2.45, 2.75) is 32.5 Å². The summed E-state index contributed by atoms with van der Waals surface area (Å²) in [7, 11) is 0. The highest BCUT2D eigenvalue weighted by atomic mass is 35.5. The zero-order chi connectivity index (χ0) is 22.2. The van der Waals surface area contributed by atoms with E-state index in [0.29, 0.717) is 23.1 Å². The predicted molar refractivity (Wildman–Crippen MR) is 124 cm³/mol. The molecule has 4 heterocycles. The maximum atomic E-state index is 12.7. The quantitative estimate of drug-likeness (QED) is 0.605. The van der Waals surface area contributed by atoms with Crippen LogP contribution in [0.5, 0.6) is 0 Å². The molecule has 0 radical (unpaired) electrons. The maximum Gasteiger partial charge on any atom is 0.227 e. The summed E-state index contributed by atoms with van der Waals surface area (Å²) in [5, 5.41) is 9.00. The minimum Gasteiger partial charge on any atom is -0.378 e. The molecule has 2 aromatic heterocycles. The van der Waals surface area contributed by atoms with E-state index < -0.39 is 6.67 Å². The topological polar surface area (TPSA) is 71.3 Å². The van der Waals surface area contributed by atoms with E-state index in [1.807, 2.05) is 19.1 Å². The number of halogens is 2. The van der Waals surface area contributed by atoms with Crippen molar-refractivity contribution in [1.82, 2.24) is 24.6 Å². The largest absolute Gasteiger partial charge is 0.378 e. The first-order valence-corrected chi connectivity index (χ1v) is 11.3. The van der Waals surface area contributed by atoms with Gasteiger partial charge in [0.2, 0.25) is 5.95 Å². The van der Waals surface area contributed by atoms with E-state index in [-0.39, 0.29) is 6.54 Å². The summed E-state index contributed by atoms with van der Waals surface area (Å²) in [6.07, 6.45) is 3.43. The van der Waals surface area contributed by atoms with E-state index in [4.69, 9.17) is 21.3 Å². The Hall–Kier alpha value is -2.49. The number of anilines is 3. The molecule has 2 aliphatic rings. The van der Waals surface area contributed by atoms with Crippen molar-refractivity contribution in [2.75, 3.05) is 49.7 Å². The Bertz CT molecular complexity index is 1120. The zero-order valence-corrected chi connectivity index (χ0v) is 19.0. The second-order valence-corrected chi connectivity index (χ2v) is 8.87. The van der Waals surface area contributed by atoms with Crippen LogP contribution in [0.25, 0.3) is 10.9 Å². The maximum absolute atomic E-state index is 12.7. The van der Waals surface area contributed by atoms with Crippen LogP contribution in [0.3, 0.4) is 0 Å². The van der Waals surface area contributed by atoms with Crippen LogP contribution in [-0.4, -0.2) is 76.3 Å². The van der Waals surface area contributed by atoms with Crippen LogP contribution in [0, 0.1) is 6.92 Å². The van der Waals surface area contributed by atoms with Gasteiger partial charge in [0.15, 0.2) is 0 Å². The summed E-state index contributed by atoms with van der Waals surface area (Å²) in [6.45, 7) is 8.39. The SMILES string of the molecule is Cc1c(Nc2ncc3cc(Cl)c(N4CCN(C5COC5)[C@@H](C)C4)cc3n2)cnn1CCF. The highest BCUT2D eigenvalue weighted by Gasteiger charge is 2.33. The van der Waals surface area contributed by atoms with Crippen molar-refractivity contribution in [3.05, 3.63) is 35.2 Å². The van der Waals surface area contributed by atoms with Gasteiger partial charge in [0.05, 0.1) is 59.6 Å². The second-order valence-electron chi connectivity index (χ2n) is 8.46. The minimum absolute atomic E-state index is 0.230. The minimum atomic E-state index is -0.459. The number of benzene rings is 1. The molecule has 3 aromatic rings. The summed E-state index contributed by atoms with van der Waals surface area (Å²) in [5.74, 6) is 0.469. The molecule has 1 aromatic carbocycles. The van der Waals surface area contributed by atoms with E-state index in [1.54, 1.807) is 17.1 Å². The number of piperazine rings is 1. The third kappa shape index (κ3) is 4.00. The lowest BCUT2D eigenvalue weighted by Crippen LogP contribution is -2.60. The smallest absolute Gasteiger partial charge is 0.227 e. The predicted octanol–water partition coefficient (Wildman–Crippen LogP) is 3.41. The molecule has 1 N–H and O–H groups in total. The number of nitrogens with zero attached hydrogens (tertiary/aromatic N) is 6. The Kier molecular flexibility index (Phi) is 5.88. The average Bonchev–Trinajstić information content (AvgIpc) is 3.07. The monoisotopic (exact) mass is 459 g/mol. The normalized spacial score (nSPS) is 20.0. The summed E-state index contributed by atoms with van der Waals surface area (Å²) in [5.41, 5.74) is 3.41. The molecule has 2 saturated heterocycles. The summed E-state index contributed by atoms with van der Waals surface area (Å²) in [4.78, 5) is 14.0. The van der Waals surface area contributed by atoms with Crippen LogP contribution in [0.1, 0.15) is 12.6 Å². The summed E-state index contributed by atoms with van der Waals surface area (Å²) in [6, 6.07) is 4.94. The van der Waals surface area contributed by atoms with E-state index in [0.717, 1.165) is 60.8 Å². The van der Waals surface area contributed by atoms with Gasteiger partial charge in [-0.2, -0.15) is 5.10 Å². The van der Waals surface area contributed by atoms with E-state index in [9.17, 15) is 4.39 Å². The number of aryl methyl sites for hydroxylation is 1. The molecule has 1 atom stereocenters. The van der Waals surface area contributed by atoms with E-state index >= 15 is 0 Å². The van der Waals surface area contributed by atoms with Crippen molar-refractivity contribution in [1.29, 1.82) is 0 Å². The number of ether oxygens (including phenoxy) is 1. The Labute approximate surface area is 191 Å².